The molecule has 0 aliphatic carbocycles. The van der Waals surface area contributed by atoms with Crippen LogP contribution in [0.1, 0.15) is 45.2 Å². The van der Waals surface area contributed by atoms with Crippen molar-refractivity contribution in [3.8, 4) is 0 Å². The molecule has 3 N–H and O–H groups in total. The quantitative estimate of drug-likeness (QED) is 0.207. The van der Waals surface area contributed by atoms with E-state index in [2.05, 4.69) is 34.7 Å². The Morgan fingerprint density at radius 3 is 2.05 bits per heavy atom. The van der Waals surface area contributed by atoms with E-state index in [-0.39, 0.29) is 13.0 Å². The van der Waals surface area contributed by atoms with Gasteiger partial charge < -0.3 is 35.2 Å². The van der Waals surface area contributed by atoms with Crippen molar-refractivity contribution >= 4 is 40.6 Å². The number of nitrogens with one attached hydrogen (secondary N) is 3. The van der Waals surface area contributed by atoms with Crippen LogP contribution in [0.2, 0.25) is 0 Å². The normalized spacial score (nSPS) is 15.7. The average molecular weight is 602 g/mol. The second kappa shape index (κ2) is 14.9. The predicted octanol–water partition coefficient (Wildman–Crippen LogP) is 5.63. The minimum Gasteiger partial charge on any atom is -0.372 e. The van der Waals surface area contributed by atoms with Gasteiger partial charge in [-0.25, -0.2) is 4.79 Å². The summed E-state index contributed by atoms with van der Waals surface area (Å²) in [6.45, 7) is 12.5. The van der Waals surface area contributed by atoms with Crippen molar-refractivity contribution in [2.45, 2.75) is 52.9 Å². The van der Waals surface area contributed by atoms with Crippen LogP contribution in [0, 0.1) is 6.92 Å². The molecule has 0 fully saturated rings. The first-order chi connectivity index (χ1) is 21.2. The van der Waals surface area contributed by atoms with Gasteiger partial charge in [-0.1, -0.05) is 35.9 Å². The van der Waals surface area contributed by atoms with Crippen molar-refractivity contribution in [1.82, 2.24) is 5.32 Å². The van der Waals surface area contributed by atoms with E-state index < -0.39 is 29.7 Å². The summed E-state index contributed by atoms with van der Waals surface area (Å²) in [5.41, 5.74) is 2.66. The smallest absolute Gasteiger partial charge is 0.320 e. The van der Waals surface area contributed by atoms with E-state index in [9.17, 15) is 14.4 Å². The fourth-order valence-electron chi connectivity index (χ4n) is 5.50. The zero-order valence-corrected chi connectivity index (χ0v) is 26.2. The van der Waals surface area contributed by atoms with Crippen LogP contribution in [-0.2, 0) is 24.6 Å². The van der Waals surface area contributed by atoms with Crippen molar-refractivity contribution < 1.29 is 23.9 Å². The first kappa shape index (κ1) is 32.5. The maximum atomic E-state index is 14.4. The number of amides is 4. The monoisotopic (exact) mass is 601 g/mol. The molecule has 0 bridgehead atoms. The Bertz CT molecular complexity index is 1420. The number of urea groups is 1. The average Bonchev–Trinajstić information content (AvgIpc) is 3.22. The first-order valence-corrected chi connectivity index (χ1v) is 15.2. The highest BCUT2D eigenvalue weighted by Gasteiger charge is 2.53. The van der Waals surface area contributed by atoms with Crippen LogP contribution in [0.4, 0.5) is 27.5 Å². The molecule has 1 atom stereocenters. The number of aryl methyl sites for hydroxylation is 1. The van der Waals surface area contributed by atoms with Crippen molar-refractivity contribution in [3.05, 3.63) is 83.9 Å². The van der Waals surface area contributed by atoms with Crippen molar-refractivity contribution in [1.29, 1.82) is 0 Å². The molecular weight excluding hydrogens is 558 g/mol. The fourth-order valence-corrected chi connectivity index (χ4v) is 5.50. The van der Waals surface area contributed by atoms with Crippen LogP contribution in [0.3, 0.4) is 0 Å². The van der Waals surface area contributed by atoms with E-state index in [1.165, 1.54) is 4.90 Å². The molecule has 234 valence electrons. The van der Waals surface area contributed by atoms with Gasteiger partial charge in [-0.2, -0.15) is 0 Å². The first-order valence-electron chi connectivity index (χ1n) is 15.2. The van der Waals surface area contributed by atoms with Gasteiger partial charge in [0.15, 0.2) is 11.8 Å². The molecule has 0 aromatic heterocycles. The molecule has 4 amide bonds. The lowest BCUT2D eigenvalue weighted by Crippen LogP contribution is -2.56. The Hall–Kier alpha value is -4.41. The van der Waals surface area contributed by atoms with E-state index in [0.29, 0.717) is 35.8 Å². The molecule has 3 aromatic rings. The largest absolute Gasteiger partial charge is 0.372 e. The number of carbonyl (C=O) groups is 3. The summed E-state index contributed by atoms with van der Waals surface area (Å²) in [6.07, 6.45) is -1.01. The van der Waals surface area contributed by atoms with Gasteiger partial charge in [0.2, 0.25) is 5.91 Å². The van der Waals surface area contributed by atoms with Gasteiger partial charge in [0.1, 0.15) is 0 Å². The van der Waals surface area contributed by atoms with Gasteiger partial charge in [0, 0.05) is 48.9 Å². The molecule has 3 aromatic carbocycles. The summed E-state index contributed by atoms with van der Waals surface area (Å²) in [6, 6.07) is 21.4. The predicted molar refractivity (Wildman–Crippen MR) is 174 cm³/mol. The number of para-hydroxylation sites is 1. The molecule has 1 aliphatic rings. The third-order valence-electron chi connectivity index (χ3n) is 7.64. The summed E-state index contributed by atoms with van der Waals surface area (Å²) in [4.78, 5) is 45.3. The lowest BCUT2D eigenvalue weighted by Gasteiger charge is -2.30. The van der Waals surface area contributed by atoms with E-state index in [0.717, 1.165) is 24.3 Å². The summed E-state index contributed by atoms with van der Waals surface area (Å²) >= 11 is 0. The molecule has 10 nitrogen and oxygen atoms in total. The Balaban J connectivity index is 1.66. The minimum atomic E-state index is -1.68. The van der Waals surface area contributed by atoms with E-state index in [1.807, 2.05) is 63.2 Å². The molecule has 0 saturated carbocycles. The van der Waals surface area contributed by atoms with Crippen LogP contribution < -0.4 is 25.8 Å². The number of hydrogen-bond acceptors (Lipinski definition) is 6. The van der Waals surface area contributed by atoms with Crippen LogP contribution in [0.5, 0.6) is 0 Å². The highest BCUT2D eigenvalue weighted by Crippen LogP contribution is 2.43. The van der Waals surface area contributed by atoms with Crippen LogP contribution in [-0.4, -0.2) is 57.0 Å². The topological polar surface area (TPSA) is 112 Å². The van der Waals surface area contributed by atoms with Crippen LogP contribution in [0.25, 0.3) is 0 Å². The Morgan fingerprint density at radius 1 is 0.841 bits per heavy atom. The lowest BCUT2D eigenvalue weighted by atomic mass is 9.87. The highest BCUT2D eigenvalue weighted by atomic mass is 16.7. The van der Waals surface area contributed by atoms with Gasteiger partial charge in [-0.15, -0.1) is 0 Å². The van der Waals surface area contributed by atoms with Gasteiger partial charge in [-0.3, -0.25) is 9.59 Å². The van der Waals surface area contributed by atoms with Crippen molar-refractivity contribution in [3.63, 3.8) is 0 Å². The molecule has 1 aliphatic heterocycles. The van der Waals surface area contributed by atoms with Gasteiger partial charge >= 0.3 is 6.03 Å². The molecular formula is C34H43N5O5. The van der Waals surface area contributed by atoms with E-state index in [1.54, 1.807) is 30.3 Å². The minimum absolute atomic E-state index is 0.0922. The third kappa shape index (κ3) is 7.38. The van der Waals surface area contributed by atoms with Gasteiger partial charge in [-0.05, 0) is 77.1 Å². The molecule has 10 heteroatoms. The molecule has 1 heterocycles. The van der Waals surface area contributed by atoms with Gasteiger partial charge in [0.05, 0.1) is 18.7 Å². The molecule has 0 spiro atoms. The number of benzene rings is 3. The second-order valence-corrected chi connectivity index (χ2v) is 10.6. The second-order valence-electron chi connectivity index (χ2n) is 10.6. The van der Waals surface area contributed by atoms with Crippen molar-refractivity contribution in [2.24, 2.45) is 0 Å². The summed E-state index contributed by atoms with van der Waals surface area (Å²) in [5, 5.41) is 8.63. The number of rotatable bonds is 14. The fraction of sp³-hybridized carbons (Fsp3) is 0.382. The Labute approximate surface area is 259 Å². The Morgan fingerprint density at radius 2 is 1.43 bits per heavy atom. The maximum absolute atomic E-state index is 14.4. The maximum Gasteiger partial charge on any atom is 0.320 e. The Kier molecular flexibility index (Phi) is 11.0. The third-order valence-corrected chi connectivity index (χ3v) is 7.64. The SMILES string of the molecule is CCOC(CN1C(=O)[C@@](CC(=O)Nc2ccc(N(CC)CC)cc2)(NC(=O)Nc2ccc(C)cc2)c2ccccc21)OCC. The zero-order valence-electron chi connectivity index (χ0n) is 26.2. The molecule has 0 unspecified atom stereocenters. The standard InChI is InChI=1S/C34H43N5O5/c1-6-38(7-2)27-20-18-25(19-21-27)35-30(40)22-34(37-33(42)36-26-16-14-24(5)15-17-26)28-12-10-11-13-29(28)39(32(34)41)23-31(43-8-3)44-9-4/h10-21,31H,6-9,22-23H2,1-5H3,(H,35,40)(H2,36,37,42)/t34-/m0/s1. The van der Waals surface area contributed by atoms with Crippen LogP contribution >= 0.6 is 0 Å². The summed E-state index contributed by atoms with van der Waals surface area (Å²) < 4.78 is 11.5. The number of hydrogen-bond donors (Lipinski definition) is 3. The molecule has 0 radical (unpaired) electrons. The molecule has 4 rings (SSSR count). The number of anilines is 4. The highest BCUT2D eigenvalue weighted by molar-refractivity contribution is 6.13. The zero-order chi connectivity index (χ0) is 31.7. The number of ether oxygens (including phenoxy) is 2. The molecule has 44 heavy (non-hydrogen) atoms. The van der Waals surface area contributed by atoms with Crippen molar-refractivity contribution in [2.75, 3.05) is 53.3 Å². The summed E-state index contributed by atoms with van der Waals surface area (Å²) in [5.74, 6) is -0.874. The summed E-state index contributed by atoms with van der Waals surface area (Å²) in [7, 11) is 0. The number of nitrogens with zero attached hydrogens (tertiary/aromatic N) is 2. The van der Waals surface area contributed by atoms with E-state index in [4.69, 9.17) is 9.47 Å². The number of fused-ring (bicyclic) bond motifs is 1. The van der Waals surface area contributed by atoms with E-state index >= 15 is 0 Å². The molecule has 0 saturated heterocycles. The van der Waals surface area contributed by atoms with Crippen LogP contribution in [0.15, 0.2) is 72.8 Å². The lowest BCUT2D eigenvalue weighted by molar-refractivity contribution is -0.138. The number of carbonyl (C=O) groups excluding carboxylic acids is 3. The van der Waals surface area contributed by atoms with Gasteiger partial charge in [0.25, 0.3) is 5.91 Å².